The maximum absolute atomic E-state index is 13.1. The molecule has 27 heavy (non-hydrogen) atoms. The Morgan fingerprint density at radius 2 is 1.96 bits per heavy atom. The molecular formula is C20H19N5OS. The molecular weight excluding hydrogens is 358 g/mol. The van der Waals surface area contributed by atoms with Crippen LogP contribution in [0, 0.1) is 5.41 Å². The third-order valence-corrected chi connectivity index (χ3v) is 5.42. The minimum Gasteiger partial charge on any atom is -0.300 e. The predicted octanol–water partition coefficient (Wildman–Crippen LogP) is 4.21. The van der Waals surface area contributed by atoms with Crippen LogP contribution in [0.3, 0.4) is 0 Å². The van der Waals surface area contributed by atoms with Crippen molar-refractivity contribution in [2.75, 3.05) is 5.32 Å². The van der Waals surface area contributed by atoms with Crippen molar-refractivity contribution in [1.29, 1.82) is 0 Å². The number of nitrogens with one attached hydrogen (secondary N) is 2. The second-order valence-electron chi connectivity index (χ2n) is 6.98. The number of aromatic amines is 1. The van der Waals surface area contributed by atoms with Crippen LogP contribution in [0.5, 0.6) is 0 Å². The third-order valence-electron chi connectivity index (χ3n) is 4.82. The van der Waals surface area contributed by atoms with Gasteiger partial charge in [0.15, 0.2) is 0 Å². The average Bonchev–Trinajstić information content (AvgIpc) is 3.33. The lowest BCUT2D eigenvalue weighted by Gasteiger charge is -2.33. The van der Waals surface area contributed by atoms with E-state index in [0.29, 0.717) is 5.13 Å². The van der Waals surface area contributed by atoms with Crippen molar-refractivity contribution < 1.29 is 4.79 Å². The van der Waals surface area contributed by atoms with Crippen LogP contribution in [0.25, 0.3) is 10.9 Å². The van der Waals surface area contributed by atoms with E-state index in [2.05, 4.69) is 50.0 Å². The molecule has 6 nitrogen and oxygen atoms in total. The van der Waals surface area contributed by atoms with Gasteiger partial charge in [-0.3, -0.25) is 9.89 Å². The number of benzene rings is 2. The largest absolute Gasteiger partial charge is 0.300 e. The van der Waals surface area contributed by atoms with Crippen LogP contribution in [0.15, 0.2) is 60.2 Å². The number of hydrogen-bond acceptors (Lipinski definition) is 5. The number of H-pyrrole nitrogens is 1. The molecule has 0 spiro atoms. The summed E-state index contributed by atoms with van der Waals surface area (Å²) in [5.41, 5.74) is 4.00. The number of carbonyl (C=O) groups is 1. The highest BCUT2D eigenvalue weighted by atomic mass is 32.1. The lowest BCUT2D eigenvalue weighted by molar-refractivity contribution is -0.124. The second kappa shape index (κ2) is 6.92. The lowest BCUT2D eigenvalue weighted by Crippen LogP contribution is -2.37. The van der Waals surface area contributed by atoms with Crippen molar-refractivity contribution in [3.05, 3.63) is 71.4 Å². The molecule has 1 amide bonds. The van der Waals surface area contributed by atoms with Gasteiger partial charge in [-0.05, 0) is 23.3 Å². The minimum atomic E-state index is -0.718. The zero-order chi connectivity index (χ0) is 18.9. The van der Waals surface area contributed by atoms with Crippen LogP contribution in [0.2, 0.25) is 0 Å². The van der Waals surface area contributed by atoms with E-state index in [1.165, 1.54) is 11.3 Å². The number of nitrogens with zero attached hydrogens (tertiary/aromatic N) is 3. The molecule has 4 aromatic rings. The van der Waals surface area contributed by atoms with Gasteiger partial charge in [-0.15, -0.1) is 10.2 Å². The first-order valence-corrected chi connectivity index (χ1v) is 9.49. The molecule has 2 N–H and O–H groups in total. The topological polar surface area (TPSA) is 83.6 Å². The van der Waals surface area contributed by atoms with Gasteiger partial charge in [0.2, 0.25) is 11.0 Å². The molecule has 2 aromatic heterocycles. The molecule has 136 valence electrons. The smallest absolute Gasteiger partial charge is 0.232 e. The molecule has 1 atom stereocenters. The van der Waals surface area contributed by atoms with E-state index in [-0.39, 0.29) is 11.8 Å². The molecule has 0 aliphatic carbocycles. The number of aromatic nitrogens is 4. The molecule has 0 aliphatic heterocycles. The standard InChI is InChI=1S/C20H19N5OS/c1-20(2,18(26)23-19-25-22-12-27-19)17(13-6-4-3-5-7-13)14-8-9-16-15(10-14)11-21-24-16/h3-12,17H,1-2H3,(H,21,24)(H,23,25,26)/t17-/m0/s1. The van der Waals surface area contributed by atoms with Gasteiger partial charge in [-0.25, -0.2) is 0 Å². The molecule has 7 heteroatoms. The molecule has 0 aliphatic rings. The summed E-state index contributed by atoms with van der Waals surface area (Å²) in [4.78, 5) is 13.1. The van der Waals surface area contributed by atoms with Crippen molar-refractivity contribution in [3.63, 3.8) is 0 Å². The van der Waals surface area contributed by atoms with Gasteiger partial charge in [0, 0.05) is 11.3 Å². The average molecular weight is 377 g/mol. The zero-order valence-corrected chi connectivity index (χ0v) is 15.8. The first-order chi connectivity index (χ1) is 13.1. The molecule has 2 heterocycles. The molecule has 0 bridgehead atoms. The number of amides is 1. The van der Waals surface area contributed by atoms with Crippen LogP contribution in [0.1, 0.15) is 30.9 Å². The van der Waals surface area contributed by atoms with Crippen LogP contribution in [-0.2, 0) is 4.79 Å². The molecule has 0 unspecified atom stereocenters. The van der Waals surface area contributed by atoms with Gasteiger partial charge in [0.05, 0.1) is 17.1 Å². The fraction of sp³-hybridized carbons (Fsp3) is 0.200. The Morgan fingerprint density at radius 1 is 1.15 bits per heavy atom. The first kappa shape index (κ1) is 17.4. The van der Waals surface area contributed by atoms with E-state index in [4.69, 9.17) is 0 Å². The van der Waals surface area contributed by atoms with Gasteiger partial charge < -0.3 is 5.32 Å². The Morgan fingerprint density at radius 3 is 2.70 bits per heavy atom. The summed E-state index contributed by atoms with van der Waals surface area (Å²) in [6, 6.07) is 16.2. The summed E-state index contributed by atoms with van der Waals surface area (Å²) >= 11 is 1.31. The highest BCUT2D eigenvalue weighted by Gasteiger charge is 2.39. The Hall–Kier alpha value is -3.06. The van der Waals surface area contributed by atoms with E-state index < -0.39 is 5.41 Å². The van der Waals surface area contributed by atoms with Crippen LogP contribution >= 0.6 is 11.3 Å². The molecule has 0 fully saturated rings. The Bertz CT molecular complexity index is 1060. The van der Waals surface area contributed by atoms with E-state index in [1.54, 1.807) is 11.7 Å². The maximum Gasteiger partial charge on any atom is 0.232 e. The fourth-order valence-corrected chi connectivity index (χ4v) is 3.87. The zero-order valence-electron chi connectivity index (χ0n) is 15.0. The summed E-state index contributed by atoms with van der Waals surface area (Å²) < 4.78 is 0. The molecule has 2 aromatic carbocycles. The van der Waals surface area contributed by atoms with Crippen molar-refractivity contribution in [3.8, 4) is 0 Å². The van der Waals surface area contributed by atoms with Gasteiger partial charge in [0.25, 0.3) is 0 Å². The van der Waals surface area contributed by atoms with Gasteiger partial charge in [-0.1, -0.05) is 61.6 Å². The van der Waals surface area contributed by atoms with Gasteiger partial charge in [0.1, 0.15) is 5.51 Å². The van der Waals surface area contributed by atoms with Gasteiger partial charge in [-0.2, -0.15) is 5.10 Å². The normalized spacial score (nSPS) is 12.8. The SMILES string of the molecule is CC(C)(C(=O)Nc1nncs1)[C@@H](c1ccccc1)c1ccc2[nH]ncc2c1. The van der Waals surface area contributed by atoms with Gasteiger partial charge >= 0.3 is 0 Å². The monoisotopic (exact) mass is 377 g/mol. The maximum atomic E-state index is 13.1. The molecule has 0 saturated heterocycles. The highest BCUT2D eigenvalue weighted by Crippen LogP contribution is 2.42. The van der Waals surface area contributed by atoms with E-state index >= 15 is 0 Å². The molecule has 0 saturated carbocycles. The third kappa shape index (κ3) is 3.33. The summed E-state index contributed by atoms with van der Waals surface area (Å²) in [5.74, 6) is -0.230. The minimum absolute atomic E-state index is 0.0969. The number of anilines is 1. The molecule has 0 radical (unpaired) electrons. The van der Waals surface area contributed by atoms with E-state index in [9.17, 15) is 4.79 Å². The highest BCUT2D eigenvalue weighted by molar-refractivity contribution is 7.13. The van der Waals surface area contributed by atoms with Crippen molar-refractivity contribution in [1.82, 2.24) is 20.4 Å². The fourth-order valence-electron chi connectivity index (χ4n) is 3.43. The summed E-state index contributed by atoms with van der Waals surface area (Å²) in [6.45, 7) is 3.92. The first-order valence-electron chi connectivity index (χ1n) is 8.61. The van der Waals surface area contributed by atoms with Crippen LogP contribution in [0.4, 0.5) is 5.13 Å². The van der Waals surface area contributed by atoms with Crippen molar-refractivity contribution in [2.24, 2.45) is 5.41 Å². The summed E-state index contributed by atoms with van der Waals surface area (Å²) in [5, 5.41) is 19.2. The Kier molecular flexibility index (Phi) is 4.45. The predicted molar refractivity (Wildman–Crippen MR) is 107 cm³/mol. The Balaban J connectivity index is 1.78. The second-order valence-corrected chi connectivity index (χ2v) is 7.81. The lowest BCUT2D eigenvalue weighted by atomic mass is 9.70. The number of carbonyl (C=O) groups excluding carboxylic acids is 1. The van der Waals surface area contributed by atoms with Crippen molar-refractivity contribution >= 4 is 33.3 Å². The number of hydrogen-bond donors (Lipinski definition) is 2. The Labute approximate surface area is 160 Å². The molecule has 4 rings (SSSR count). The number of rotatable bonds is 5. The summed E-state index contributed by atoms with van der Waals surface area (Å²) in [6.07, 6.45) is 1.80. The summed E-state index contributed by atoms with van der Waals surface area (Å²) in [7, 11) is 0. The quantitative estimate of drug-likeness (QED) is 0.546. The number of fused-ring (bicyclic) bond motifs is 1. The van der Waals surface area contributed by atoms with E-state index in [0.717, 1.165) is 22.0 Å². The van der Waals surface area contributed by atoms with Crippen LogP contribution < -0.4 is 5.32 Å². The van der Waals surface area contributed by atoms with Crippen LogP contribution in [-0.4, -0.2) is 26.3 Å². The van der Waals surface area contributed by atoms with E-state index in [1.807, 2.05) is 38.1 Å². The van der Waals surface area contributed by atoms with Crippen molar-refractivity contribution in [2.45, 2.75) is 19.8 Å².